The minimum Gasteiger partial charge on any atom is -0.479 e. The van der Waals surface area contributed by atoms with Crippen LogP contribution in [0.15, 0.2) is 11.4 Å². The van der Waals surface area contributed by atoms with Crippen LogP contribution in [0.1, 0.15) is 6.42 Å². The number of carbonyl (C=O) groups excluding carboxylic acids is 2. The molecule has 68 valence electrons. The average Bonchev–Trinajstić information content (AvgIpc) is 2.51. The van der Waals surface area contributed by atoms with Crippen molar-refractivity contribution in [2.45, 2.75) is 12.5 Å². The Labute approximate surface area is 72.6 Å². The van der Waals surface area contributed by atoms with Gasteiger partial charge in [-0.2, -0.15) is 0 Å². The zero-order valence-corrected chi connectivity index (χ0v) is 6.46. The van der Waals surface area contributed by atoms with Crippen molar-refractivity contribution in [3.05, 3.63) is 11.4 Å². The molecular weight excluding hydrogens is 176 g/mol. The summed E-state index contributed by atoms with van der Waals surface area (Å²) in [5.74, 6) is -2.09. The fourth-order valence-electron chi connectivity index (χ4n) is 1.40. The number of Topliss-reactive ketones (excluding diaryl/α,β-unsaturated/α-hetero) is 1. The van der Waals surface area contributed by atoms with Crippen LogP contribution in [0.5, 0.6) is 0 Å². The number of rotatable bonds is 1. The first kappa shape index (κ1) is 7.78. The highest BCUT2D eigenvalue weighted by Crippen LogP contribution is 2.20. The Morgan fingerprint density at radius 2 is 2.15 bits per heavy atom. The first-order valence-electron chi connectivity index (χ1n) is 3.66. The summed E-state index contributed by atoms with van der Waals surface area (Å²) in [6.07, 6.45) is 0.0604. The molecule has 6 nitrogen and oxygen atoms in total. The molecule has 2 aliphatic rings. The molecule has 0 saturated carbocycles. The van der Waals surface area contributed by atoms with Crippen molar-refractivity contribution in [2.75, 3.05) is 0 Å². The molecule has 0 aromatic rings. The molecular formula is C7H6N2O4. The van der Waals surface area contributed by atoms with Gasteiger partial charge in [0.15, 0.2) is 6.04 Å². The molecule has 2 aliphatic heterocycles. The number of carbonyl (C=O) groups is 3. The molecule has 13 heavy (non-hydrogen) atoms. The zero-order chi connectivity index (χ0) is 9.59. The minimum atomic E-state index is -1.23. The highest BCUT2D eigenvalue weighted by molar-refractivity contribution is 6.16. The fourth-order valence-corrected chi connectivity index (χ4v) is 1.40. The maximum atomic E-state index is 11.3. The van der Waals surface area contributed by atoms with Gasteiger partial charge >= 0.3 is 5.97 Å². The third kappa shape index (κ3) is 0.986. The molecule has 1 unspecified atom stereocenters. The SMILES string of the molecule is O=C1CC2=C(N1)C(=O)C(C(=O)O)N2. The van der Waals surface area contributed by atoms with Crippen molar-refractivity contribution >= 4 is 17.7 Å². The summed E-state index contributed by atoms with van der Waals surface area (Å²) in [6.45, 7) is 0. The van der Waals surface area contributed by atoms with Gasteiger partial charge in [-0.15, -0.1) is 0 Å². The molecule has 0 aliphatic carbocycles. The largest absolute Gasteiger partial charge is 0.479 e. The van der Waals surface area contributed by atoms with Crippen LogP contribution in [-0.2, 0) is 14.4 Å². The molecule has 3 N–H and O–H groups in total. The minimum absolute atomic E-state index is 0.0604. The molecule has 0 spiro atoms. The molecule has 1 amide bonds. The fraction of sp³-hybridized carbons (Fsp3) is 0.286. The average molecular weight is 182 g/mol. The van der Waals surface area contributed by atoms with E-state index in [4.69, 9.17) is 5.11 Å². The lowest BCUT2D eigenvalue weighted by Gasteiger charge is -2.06. The molecule has 0 aromatic carbocycles. The van der Waals surface area contributed by atoms with E-state index in [0.29, 0.717) is 5.70 Å². The smallest absolute Gasteiger partial charge is 0.334 e. The third-order valence-electron chi connectivity index (χ3n) is 1.98. The number of ketones is 1. The maximum absolute atomic E-state index is 11.3. The highest BCUT2D eigenvalue weighted by Gasteiger charge is 2.41. The highest BCUT2D eigenvalue weighted by atomic mass is 16.4. The van der Waals surface area contributed by atoms with Crippen LogP contribution < -0.4 is 10.6 Å². The standard InChI is InChI=1S/C7H6N2O4/c10-3-1-2-4(9-3)6(11)5(8-2)7(12)13/h5,8H,1H2,(H,9,10)(H,12,13). The van der Waals surface area contributed by atoms with E-state index in [0.717, 1.165) is 0 Å². The van der Waals surface area contributed by atoms with Crippen LogP contribution in [0.25, 0.3) is 0 Å². The molecule has 0 bridgehead atoms. The third-order valence-corrected chi connectivity index (χ3v) is 1.98. The summed E-state index contributed by atoms with van der Waals surface area (Å²) >= 11 is 0. The van der Waals surface area contributed by atoms with Gasteiger partial charge in [-0.25, -0.2) is 4.79 Å². The topological polar surface area (TPSA) is 95.5 Å². The molecule has 0 radical (unpaired) electrons. The number of hydrogen-bond donors (Lipinski definition) is 3. The van der Waals surface area contributed by atoms with Gasteiger partial charge in [-0.1, -0.05) is 0 Å². The Bertz CT molecular complexity index is 358. The van der Waals surface area contributed by atoms with Crippen molar-refractivity contribution in [3.63, 3.8) is 0 Å². The first-order valence-corrected chi connectivity index (χ1v) is 3.66. The maximum Gasteiger partial charge on any atom is 0.334 e. The second-order valence-electron chi connectivity index (χ2n) is 2.86. The summed E-state index contributed by atoms with van der Waals surface area (Å²) in [5.41, 5.74) is 0.500. The molecule has 0 saturated heterocycles. The van der Waals surface area contributed by atoms with E-state index in [1.54, 1.807) is 0 Å². The number of hydrogen-bond acceptors (Lipinski definition) is 4. The molecule has 2 rings (SSSR count). The van der Waals surface area contributed by atoms with E-state index in [-0.39, 0.29) is 18.0 Å². The predicted octanol–water partition coefficient (Wildman–Crippen LogP) is -1.66. The normalized spacial score (nSPS) is 25.7. The Balaban J connectivity index is 2.25. The first-order chi connectivity index (χ1) is 6.09. The van der Waals surface area contributed by atoms with Gasteiger partial charge in [0.05, 0.1) is 6.42 Å². The van der Waals surface area contributed by atoms with Gasteiger partial charge in [0, 0.05) is 5.70 Å². The van der Waals surface area contributed by atoms with E-state index >= 15 is 0 Å². The number of carboxylic acids is 1. The molecule has 1 atom stereocenters. The van der Waals surface area contributed by atoms with Gasteiger partial charge in [0.25, 0.3) is 0 Å². The van der Waals surface area contributed by atoms with E-state index in [9.17, 15) is 14.4 Å². The molecule has 2 heterocycles. The number of nitrogens with one attached hydrogen (secondary N) is 2. The Morgan fingerprint density at radius 3 is 2.69 bits per heavy atom. The summed E-state index contributed by atoms with van der Waals surface area (Å²) in [6, 6.07) is -1.23. The van der Waals surface area contributed by atoms with Crippen LogP contribution in [0, 0.1) is 0 Å². The van der Waals surface area contributed by atoms with Crippen LogP contribution in [0.4, 0.5) is 0 Å². The van der Waals surface area contributed by atoms with E-state index in [1.807, 2.05) is 0 Å². The van der Waals surface area contributed by atoms with Gasteiger partial charge in [-0.05, 0) is 0 Å². The number of amides is 1. The van der Waals surface area contributed by atoms with Crippen LogP contribution in [0.2, 0.25) is 0 Å². The van der Waals surface area contributed by atoms with E-state index in [1.165, 1.54) is 0 Å². The number of carboxylic acid groups (broad SMARTS) is 1. The second-order valence-corrected chi connectivity index (χ2v) is 2.86. The van der Waals surface area contributed by atoms with Gasteiger partial charge in [0.1, 0.15) is 5.70 Å². The molecule has 6 heteroatoms. The van der Waals surface area contributed by atoms with E-state index < -0.39 is 17.8 Å². The zero-order valence-electron chi connectivity index (χ0n) is 6.46. The predicted molar refractivity (Wildman–Crippen MR) is 39.4 cm³/mol. The summed E-state index contributed by atoms with van der Waals surface area (Å²) in [4.78, 5) is 32.5. The van der Waals surface area contributed by atoms with Crippen molar-refractivity contribution in [2.24, 2.45) is 0 Å². The van der Waals surface area contributed by atoms with Crippen LogP contribution >= 0.6 is 0 Å². The van der Waals surface area contributed by atoms with Gasteiger partial charge in [0.2, 0.25) is 11.7 Å². The lowest BCUT2D eigenvalue weighted by molar-refractivity contribution is -0.142. The van der Waals surface area contributed by atoms with Crippen LogP contribution in [0.3, 0.4) is 0 Å². The summed E-state index contributed by atoms with van der Waals surface area (Å²) in [7, 11) is 0. The quantitative estimate of drug-likeness (QED) is 0.422. The monoisotopic (exact) mass is 182 g/mol. The Kier molecular flexibility index (Phi) is 1.39. The molecule has 0 fully saturated rings. The summed E-state index contributed by atoms with van der Waals surface area (Å²) in [5, 5.41) is 13.4. The van der Waals surface area contributed by atoms with Gasteiger partial charge in [-0.3, -0.25) is 9.59 Å². The second kappa shape index (κ2) is 2.32. The summed E-state index contributed by atoms with van der Waals surface area (Å²) < 4.78 is 0. The van der Waals surface area contributed by atoms with Gasteiger partial charge < -0.3 is 15.7 Å². The van der Waals surface area contributed by atoms with Crippen molar-refractivity contribution < 1.29 is 19.5 Å². The lowest BCUT2D eigenvalue weighted by Crippen LogP contribution is -2.40. The Morgan fingerprint density at radius 1 is 1.46 bits per heavy atom. The van der Waals surface area contributed by atoms with Crippen LogP contribution in [-0.4, -0.2) is 28.8 Å². The van der Waals surface area contributed by atoms with Crippen molar-refractivity contribution in [1.82, 2.24) is 10.6 Å². The number of aliphatic carboxylic acids is 1. The Hall–Kier alpha value is -1.85. The van der Waals surface area contributed by atoms with E-state index in [2.05, 4.69) is 10.6 Å². The van der Waals surface area contributed by atoms with Crippen molar-refractivity contribution in [3.8, 4) is 0 Å². The van der Waals surface area contributed by atoms with Crippen molar-refractivity contribution in [1.29, 1.82) is 0 Å². The molecule has 0 aromatic heterocycles. The lowest BCUT2D eigenvalue weighted by atomic mass is 10.2.